The number of imidazole rings is 1. The first-order chi connectivity index (χ1) is 12.6. The molecule has 0 radical (unpaired) electrons. The topological polar surface area (TPSA) is 70.2 Å². The smallest absolute Gasteiger partial charge is 0.213 e. The van der Waals surface area contributed by atoms with Crippen molar-refractivity contribution in [2.75, 3.05) is 6.61 Å². The number of benzene rings is 1. The standard InChI is InChI=1S/C20H27N3O3/c1-15(13-26-14-16-6-4-3-5-7-16)20-21-12-19(22(20)2)17-8-10-18(11-9-17)23(24)25/h3-7,12,15,17-18H,8-11,13-14H2,1-2H3/t15-,17?,18?/m0/s1. The van der Waals surface area contributed by atoms with Gasteiger partial charge in [-0.25, -0.2) is 4.98 Å². The summed E-state index contributed by atoms with van der Waals surface area (Å²) in [6.45, 7) is 3.35. The van der Waals surface area contributed by atoms with Gasteiger partial charge in [0.05, 0.1) is 13.2 Å². The first-order valence-corrected chi connectivity index (χ1v) is 9.33. The molecule has 0 spiro atoms. The zero-order valence-electron chi connectivity index (χ0n) is 15.5. The Morgan fingerprint density at radius 3 is 2.62 bits per heavy atom. The maximum Gasteiger partial charge on any atom is 0.213 e. The normalized spacial score (nSPS) is 21.5. The Labute approximate surface area is 154 Å². The van der Waals surface area contributed by atoms with Crippen molar-refractivity contribution in [2.45, 2.75) is 57.1 Å². The molecule has 3 rings (SSSR count). The minimum Gasteiger partial charge on any atom is -0.376 e. The van der Waals surface area contributed by atoms with Crippen molar-refractivity contribution < 1.29 is 9.66 Å². The Balaban J connectivity index is 1.55. The minimum absolute atomic E-state index is 0.128. The summed E-state index contributed by atoms with van der Waals surface area (Å²) in [7, 11) is 2.05. The Bertz CT molecular complexity index is 721. The summed E-state index contributed by atoms with van der Waals surface area (Å²) in [5, 5.41) is 10.9. The Morgan fingerprint density at radius 2 is 1.96 bits per heavy atom. The molecule has 1 heterocycles. The van der Waals surface area contributed by atoms with Gasteiger partial charge in [-0.1, -0.05) is 37.3 Å². The van der Waals surface area contributed by atoms with Crippen LogP contribution in [0.4, 0.5) is 0 Å². The third-order valence-corrected chi connectivity index (χ3v) is 5.39. The first kappa shape index (κ1) is 18.6. The van der Waals surface area contributed by atoms with Crippen molar-refractivity contribution in [3.8, 4) is 0 Å². The monoisotopic (exact) mass is 357 g/mol. The largest absolute Gasteiger partial charge is 0.376 e. The van der Waals surface area contributed by atoms with Crippen LogP contribution in [0, 0.1) is 10.1 Å². The second-order valence-corrected chi connectivity index (χ2v) is 7.29. The van der Waals surface area contributed by atoms with Crippen molar-refractivity contribution in [3.63, 3.8) is 0 Å². The Morgan fingerprint density at radius 1 is 1.27 bits per heavy atom. The van der Waals surface area contributed by atoms with Gasteiger partial charge in [0.25, 0.3) is 0 Å². The summed E-state index contributed by atoms with van der Waals surface area (Å²) < 4.78 is 8.02. The van der Waals surface area contributed by atoms with E-state index in [0.717, 1.165) is 18.7 Å². The van der Waals surface area contributed by atoms with E-state index in [1.165, 1.54) is 11.3 Å². The van der Waals surface area contributed by atoms with Crippen LogP contribution in [0.2, 0.25) is 0 Å². The van der Waals surface area contributed by atoms with Gasteiger partial charge < -0.3 is 9.30 Å². The van der Waals surface area contributed by atoms with Crippen molar-refractivity contribution >= 4 is 0 Å². The molecule has 0 saturated heterocycles. The maximum absolute atomic E-state index is 10.9. The molecule has 0 N–H and O–H groups in total. The lowest BCUT2D eigenvalue weighted by Crippen LogP contribution is -2.26. The zero-order chi connectivity index (χ0) is 18.5. The summed E-state index contributed by atoms with van der Waals surface area (Å²) in [5.74, 6) is 1.59. The lowest BCUT2D eigenvalue weighted by molar-refractivity contribution is -0.526. The summed E-state index contributed by atoms with van der Waals surface area (Å²) in [6.07, 6.45) is 5.00. The van der Waals surface area contributed by atoms with E-state index in [4.69, 9.17) is 4.74 Å². The number of ether oxygens (including phenoxy) is 1. The molecule has 1 aliphatic carbocycles. The van der Waals surface area contributed by atoms with E-state index in [2.05, 4.69) is 28.6 Å². The molecule has 6 nitrogen and oxygen atoms in total. The van der Waals surface area contributed by atoms with Gasteiger partial charge in [-0.3, -0.25) is 10.1 Å². The summed E-state index contributed by atoms with van der Waals surface area (Å²) >= 11 is 0. The van der Waals surface area contributed by atoms with Crippen LogP contribution >= 0.6 is 0 Å². The van der Waals surface area contributed by atoms with Gasteiger partial charge in [0.1, 0.15) is 5.82 Å². The second kappa shape index (κ2) is 8.45. The van der Waals surface area contributed by atoms with E-state index < -0.39 is 0 Å². The van der Waals surface area contributed by atoms with E-state index in [1.807, 2.05) is 31.4 Å². The van der Waals surface area contributed by atoms with Crippen LogP contribution in [0.3, 0.4) is 0 Å². The molecule has 0 bridgehead atoms. The molecule has 1 atom stereocenters. The highest BCUT2D eigenvalue weighted by molar-refractivity contribution is 5.15. The highest BCUT2D eigenvalue weighted by Gasteiger charge is 2.31. The number of hydrogen-bond acceptors (Lipinski definition) is 4. The van der Waals surface area contributed by atoms with Gasteiger partial charge in [-0.2, -0.15) is 0 Å². The number of hydrogen-bond donors (Lipinski definition) is 0. The van der Waals surface area contributed by atoms with Crippen LogP contribution < -0.4 is 0 Å². The summed E-state index contributed by atoms with van der Waals surface area (Å²) in [4.78, 5) is 15.4. The number of rotatable bonds is 7. The van der Waals surface area contributed by atoms with Gasteiger partial charge in [0.15, 0.2) is 0 Å². The fourth-order valence-corrected chi connectivity index (χ4v) is 3.86. The van der Waals surface area contributed by atoms with E-state index in [1.54, 1.807) is 0 Å². The van der Waals surface area contributed by atoms with Gasteiger partial charge in [0, 0.05) is 48.5 Å². The first-order valence-electron chi connectivity index (χ1n) is 9.33. The number of nitro groups is 1. The SMILES string of the molecule is C[C@@H](COCc1ccccc1)c1ncc(C2CCC([N+](=O)[O-])CC2)n1C. The number of nitrogens with zero attached hydrogens (tertiary/aromatic N) is 3. The molecular weight excluding hydrogens is 330 g/mol. The number of aromatic nitrogens is 2. The summed E-state index contributed by atoms with van der Waals surface area (Å²) in [5.41, 5.74) is 2.36. The second-order valence-electron chi connectivity index (χ2n) is 7.29. The van der Waals surface area contributed by atoms with Gasteiger partial charge in [-0.05, 0) is 18.4 Å². The molecule has 1 saturated carbocycles. The van der Waals surface area contributed by atoms with Crippen molar-refractivity contribution in [2.24, 2.45) is 7.05 Å². The van der Waals surface area contributed by atoms with Crippen LogP contribution in [0.5, 0.6) is 0 Å². The lowest BCUT2D eigenvalue weighted by atomic mass is 9.84. The maximum atomic E-state index is 10.9. The molecule has 26 heavy (non-hydrogen) atoms. The predicted molar refractivity (Wildman–Crippen MR) is 99.7 cm³/mol. The van der Waals surface area contributed by atoms with E-state index in [9.17, 15) is 10.1 Å². The Hall–Kier alpha value is -2.21. The third-order valence-electron chi connectivity index (χ3n) is 5.39. The molecular formula is C20H27N3O3. The van der Waals surface area contributed by atoms with Crippen molar-refractivity contribution in [1.29, 1.82) is 0 Å². The van der Waals surface area contributed by atoms with Crippen molar-refractivity contribution in [1.82, 2.24) is 9.55 Å². The van der Waals surface area contributed by atoms with Crippen molar-refractivity contribution in [3.05, 3.63) is 63.7 Å². The molecule has 1 fully saturated rings. The van der Waals surface area contributed by atoms with Crippen LogP contribution in [-0.2, 0) is 18.4 Å². The molecule has 0 amide bonds. The van der Waals surface area contributed by atoms with E-state index >= 15 is 0 Å². The molecule has 1 aliphatic rings. The lowest BCUT2D eigenvalue weighted by Gasteiger charge is -2.24. The van der Waals surface area contributed by atoms with Crippen LogP contribution in [-0.4, -0.2) is 27.1 Å². The third kappa shape index (κ3) is 4.30. The molecule has 140 valence electrons. The fourth-order valence-electron chi connectivity index (χ4n) is 3.86. The predicted octanol–water partition coefficient (Wildman–Crippen LogP) is 4.04. The molecule has 1 aromatic carbocycles. The average Bonchev–Trinajstić information content (AvgIpc) is 3.04. The van der Waals surface area contributed by atoms with Crippen LogP contribution in [0.1, 0.15) is 61.5 Å². The summed E-state index contributed by atoms with van der Waals surface area (Å²) in [6, 6.07) is 9.78. The quantitative estimate of drug-likeness (QED) is 0.554. The molecule has 0 unspecified atom stereocenters. The fraction of sp³-hybridized carbons (Fsp3) is 0.550. The van der Waals surface area contributed by atoms with Crippen LogP contribution in [0.15, 0.2) is 36.5 Å². The molecule has 0 aliphatic heterocycles. The van der Waals surface area contributed by atoms with Gasteiger partial charge in [-0.15, -0.1) is 0 Å². The van der Waals surface area contributed by atoms with E-state index in [-0.39, 0.29) is 16.9 Å². The van der Waals surface area contributed by atoms with Gasteiger partial charge in [0.2, 0.25) is 6.04 Å². The van der Waals surface area contributed by atoms with Crippen LogP contribution in [0.25, 0.3) is 0 Å². The average molecular weight is 357 g/mol. The highest BCUT2D eigenvalue weighted by atomic mass is 16.6. The zero-order valence-corrected chi connectivity index (χ0v) is 15.5. The van der Waals surface area contributed by atoms with Gasteiger partial charge >= 0.3 is 0 Å². The molecule has 1 aromatic heterocycles. The molecule has 6 heteroatoms. The minimum atomic E-state index is -0.371. The Kier molecular flexibility index (Phi) is 6.04. The van der Waals surface area contributed by atoms with E-state index in [0.29, 0.717) is 32.0 Å². The highest BCUT2D eigenvalue weighted by Crippen LogP contribution is 2.34. The molecule has 2 aromatic rings.